The summed E-state index contributed by atoms with van der Waals surface area (Å²) in [6.45, 7) is 1.78. The zero-order valence-electron chi connectivity index (χ0n) is 14.9. The van der Waals surface area contributed by atoms with Gasteiger partial charge in [-0.3, -0.25) is 0 Å². The van der Waals surface area contributed by atoms with Crippen molar-refractivity contribution in [3.63, 3.8) is 0 Å². The zero-order chi connectivity index (χ0) is 19.7. The van der Waals surface area contributed by atoms with E-state index in [2.05, 4.69) is 4.72 Å². The molecular weight excluding hydrogens is 384 g/mol. The second-order valence-electron chi connectivity index (χ2n) is 7.22. The van der Waals surface area contributed by atoms with Crippen LogP contribution >= 0.6 is 11.6 Å². The van der Waals surface area contributed by atoms with Gasteiger partial charge in [0.1, 0.15) is 0 Å². The van der Waals surface area contributed by atoms with Crippen molar-refractivity contribution in [1.82, 2.24) is 4.72 Å². The van der Waals surface area contributed by atoms with E-state index in [1.54, 1.807) is 49.4 Å². The van der Waals surface area contributed by atoms with Gasteiger partial charge in [-0.2, -0.15) is 5.26 Å². The van der Waals surface area contributed by atoms with E-state index < -0.39 is 15.6 Å². The second kappa shape index (κ2) is 7.61. The van der Waals surface area contributed by atoms with Gasteiger partial charge in [-0.05, 0) is 62.4 Å². The minimum Gasteiger partial charge on any atom is -0.390 e. The number of benzene rings is 2. The Balaban J connectivity index is 1.76. The first-order valence-electron chi connectivity index (χ1n) is 8.75. The van der Waals surface area contributed by atoms with E-state index in [9.17, 15) is 13.5 Å². The van der Waals surface area contributed by atoms with Crippen molar-refractivity contribution < 1.29 is 13.5 Å². The summed E-state index contributed by atoms with van der Waals surface area (Å²) in [5.41, 5.74) is 1.28. The summed E-state index contributed by atoms with van der Waals surface area (Å²) < 4.78 is 28.0. The van der Waals surface area contributed by atoms with Crippen LogP contribution in [-0.4, -0.2) is 25.2 Å². The van der Waals surface area contributed by atoms with Gasteiger partial charge in [0.25, 0.3) is 0 Å². The van der Waals surface area contributed by atoms with E-state index in [1.807, 2.05) is 6.07 Å². The summed E-state index contributed by atoms with van der Waals surface area (Å²) in [4.78, 5) is 0.188. The largest absolute Gasteiger partial charge is 0.390 e. The van der Waals surface area contributed by atoms with E-state index in [4.69, 9.17) is 16.9 Å². The lowest BCUT2D eigenvalue weighted by atomic mass is 9.84. The number of nitrogens with one attached hydrogen (secondary N) is 1. The molecule has 5 nitrogen and oxygen atoms in total. The number of sulfonamides is 1. The fraction of sp³-hybridized carbons (Fsp3) is 0.350. The molecule has 0 aliphatic heterocycles. The van der Waals surface area contributed by atoms with E-state index in [-0.39, 0.29) is 10.9 Å². The summed E-state index contributed by atoms with van der Waals surface area (Å²) in [5, 5.41) is 19.4. The molecular formula is C20H21ClN2O3S. The van der Waals surface area contributed by atoms with Gasteiger partial charge >= 0.3 is 0 Å². The summed E-state index contributed by atoms with van der Waals surface area (Å²) in [7, 11) is -3.62. The van der Waals surface area contributed by atoms with Gasteiger partial charge in [-0.15, -0.1) is 0 Å². The monoisotopic (exact) mass is 404 g/mol. The van der Waals surface area contributed by atoms with Crippen molar-refractivity contribution in [2.75, 3.05) is 0 Å². The van der Waals surface area contributed by atoms with Crippen LogP contribution in [0.15, 0.2) is 47.4 Å². The molecule has 0 bridgehead atoms. The highest BCUT2D eigenvalue weighted by atomic mass is 35.5. The maximum Gasteiger partial charge on any atom is 0.240 e. The lowest BCUT2D eigenvalue weighted by Gasteiger charge is -2.33. The van der Waals surface area contributed by atoms with Crippen molar-refractivity contribution >= 4 is 21.6 Å². The summed E-state index contributed by atoms with van der Waals surface area (Å²) in [6, 6.07) is 13.4. The number of hydrogen-bond donors (Lipinski definition) is 2. The van der Waals surface area contributed by atoms with Gasteiger partial charge in [0, 0.05) is 16.6 Å². The van der Waals surface area contributed by atoms with Crippen molar-refractivity contribution in [2.45, 2.75) is 49.1 Å². The van der Waals surface area contributed by atoms with E-state index in [0.29, 0.717) is 36.3 Å². The van der Waals surface area contributed by atoms with Crippen molar-refractivity contribution in [1.29, 1.82) is 5.26 Å². The van der Waals surface area contributed by atoms with Gasteiger partial charge in [0.15, 0.2) is 0 Å². The third kappa shape index (κ3) is 4.69. The van der Waals surface area contributed by atoms with Gasteiger partial charge in [-0.1, -0.05) is 29.8 Å². The van der Waals surface area contributed by atoms with Gasteiger partial charge in [0.2, 0.25) is 10.0 Å². The van der Waals surface area contributed by atoms with Crippen LogP contribution in [0.25, 0.3) is 11.1 Å². The predicted octanol–water partition coefficient (Wildman–Crippen LogP) is 3.85. The molecule has 7 heteroatoms. The van der Waals surface area contributed by atoms with Gasteiger partial charge in [0.05, 0.1) is 22.1 Å². The Hall–Kier alpha value is -1.91. The fourth-order valence-electron chi connectivity index (χ4n) is 3.28. The lowest BCUT2D eigenvalue weighted by molar-refractivity contribution is 0.0163. The molecule has 0 atom stereocenters. The van der Waals surface area contributed by atoms with Gasteiger partial charge < -0.3 is 5.11 Å². The smallest absolute Gasteiger partial charge is 0.240 e. The Kier molecular flexibility index (Phi) is 5.59. The summed E-state index contributed by atoms with van der Waals surface area (Å²) in [5.74, 6) is 0. The number of rotatable bonds is 4. The minimum atomic E-state index is -3.62. The number of halogens is 1. The van der Waals surface area contributed by atoms with Crippen molar-refractivity contribution in [3.05, 3.63) is 53.1 Å². The molecule has 0 spiro atoms. The van der Waals surface area contributed by atoms with Crippen LogP contribution in [0.4, 0.5) is 0 Å². The Bertz CT molecular complexity index is 969. The second-order valence-corrected chi connectivity index (χ2v) is 9.34. The predicted molar refractivity (Wildman–Crippen MR) is 105 cm³/mol. The molecule has 1 fully saturated rings. The number of nitrogens with zero attached hydrogens (tertiary/aromatic N) is 1. The molecule has 1 saturated carbocycles. The highest BCUT2D eigenvalue weighted by molar-refractivity contribution is 7.89. The molecule has 3 rings (SSSR count). The Morgan fingerprint density at radius 1 is 1.19 bits per heavy atom. The van der Waals surface area contributed by atoms with Crippen LogP contribution in [0, 0.1) is 11.3 Å². The summed E-state index contributed by atoms with van der Waals surface area (Å²) in [6.07, 6.45) is 2.39. The first kappa shape index (κ1) is 19.8. The van der Waals surface area contributed by atoms with Crippen LogP contribution in [0.3, 0.4) is 0 Å². The third-order valence-electron chi connectivity index (χ3n) is 4.96. The quantitative estimate of drug-likeness (QED) is 0.809. The first-order valence-corrected chi connectivity index (χ1v) is 10.6. The molecule has 27 heavy (non-hydrogen) atoms. The van der Waals surface area contributed by atoms with Crippen molar-refractivity contribution in [2.24, 2.45) is 0 Å². The van der Waals surface area contributed by atoms with E-state index >= 15 is 0 Å². The summed E-state index contributed by atoms with van der Waals surface area (Å²) >= 11 is 6.22. The van der Waals surface area contributed by atoms with Crippen molar-refractivity contribution in [3.8, 4) is 17.2 Å². The van der Waals surface area contributed by atoms with Crippen LogP contribution in [-0.2, 0) is 10.0 Å². The highest BCUT2D eigenvalue weighted by Crippen LogP contribution is 2.31. The SMILES string of the molecule is CC1(O)CCC(NS(=O)(=O)c2ccc(-c3ccc(C#N)cc3Cl)cc2)CC1. The topological polar surface area (TPSA) is 90.2 Å². The maximum absolute atomic E-state index is 12.6. The fourth-order valence-corrected chi connectivity index (χ4v) is 4.87. The Labute approximate surface area is 164 Å². The van der Waals surface area contributed by atoms with Crippen LogP contribution < -0.4 is 4.72 Å². The molecule has 0 saturated heterocycles. The number of aliphatic hydroxyl groups is 1. The highest BCUT2D eigenvalue weighted by Gasteiger charge is 2.31. The molecule has 1 aliphatic carbocycles. The molecule has 142 valence electrons. The van der Waals surface area contributed by atoms with Crippen LogP contribution in [0.5, 0.6) is 0 Å². The normalized spacial score (nSPS) is 23.0. The number of hydrogen-bond acceptors (Lipinski definition) is 4. The molecule has 2 aromatic carbocycles. The molecule has 0 unspecified atom stereocenters. The molecule has 2 N–H and O–H groups in total. The zero-order valence-corrected chi connectivity index (χ0v) is 16.5. The van der Waals surface area contributed by atoms with Crippen LogP contribution in [0.1, 0.15) is 38.2 Å². The molecule has 0 radical (unpaired) electrons. The van der Waals surface area contributed by atoms with E-state index in [1.165, 1.54) is 0 Å². The third-order valence-corrected chi connectivity index (χ3v) is 6.81. The molecule has 1 aliphatic rings. The molecule has 0 aromatic heterocycles. The lowest BCUT2D eigenvalue weighted by Crippen LogP contribution is -2.42. The maximum atomic E-state index is 12.6. The Morgan fingerprint density at radius 2 is 1.81 bits per heavy atom. The first-order chi connectivity index (χ1) is 12.7. The average Bonchev–Trinajstić information content (AvgIpc) is 2.63. The van der Waals surface area contributed by atoms with Gasteiger partial charge in [-0.25, -0.2) is 13.1 Å². The Morgan fingerprint density at radius 3 is 2.37 bits per heavy atom. The van der Waals surface area contributed by atoms with Crippen LogP contribution in [0.2, 0.25) is 5.02 Å². The minimum absolute atomic E-state index is 0.164. The molecule has 0 amide bonds. The molecule has 2 aromatic rings. The average molecular weight is 405 g/mol. The number of nitriles is 1. The molecule has 0 heterocycles. The van der Waals surface area contributed by atoms with E-state index in [0.717, 1.165) is 11.1 Å². The standard InChI is InChI=1S/C20H21ClN2O3S/c1-20(24)10-8-16(9-11-20)23-27(25,26)17-5-3-15(4-6-17)18-7-2-14(13-22)12-19(18)21/h2-7,12,16,23-24H,8-11H2,1H3.